The number of benzene rings is 2. The molecule has 0 amide bonds. The highest BCUT2D eigenvalue weighted by Gasteiger charge is 2.37. The molecule has 0 bridgehead atoms. The van der Waals surface area contributed by atoms with E-state index in [1.807, 2.05) is 12.1 Å². The van der Waals surface area contributed by atoms with Crippen LogP contribution in [0.25, 0.3) is 0 Å². The minimum atomic E-state index is -2.99. The Morgan fingerprint density at radius 2 is 1.75 bits per heavy atom. The largest absolute Gasteiger partial charge is 0.452 e. The highest BCUT2D eigenvalue weighted by molar-refractivity contribution is 6.30. The van der Waals surface area contributed by atoms with Crippen molar-refractivity contribution < 1.29 is 18.6 Å². The third-order valence-electron chi connectivity index (χ3n) is 5.97. The monoisotopic (exact) mass is 520 g/mol. The van der Waals surface area contributed by atoms with Crippen LogP contribution in [0.4, 0.5) is 20.3 Å². The zero-order valence-electron chi connectivity index (χ0n) is 19.9. The molecule has 2 aromatic carbocycles. The Kier molecular flexibility index (Phi) is 7.37. The lowest BCUT2D eigenvalue weighted by Crippen LogP contribution is -2.43. The Bertz CT molecular complexity index is 1330. The molecular weight excluding hydrogens is 494 g/mol. The normalized spacial score (nSPS) is 15.1. The number of hydrogen-bond donors (Lipinski definition) is 2. The molecule has 0 saturated carbocycles. The second-order valence-corrected chi connectivity index (χ2v) is 8.98. The third kappa shape index (κ3) is 5.10. The van der Waals surface area contributed by atoms with Gasteiger partial charge in [-0.1, -0.05) is 23.7 Å². The minimum absolute atomic E-state index is 0.0639. The number of anilines is 2. The van der Waals surface area contributed by atoms with E-state index in [2.05, 4.69) is 5.32 Å². The van der Waals surface area contributed by atoms with Gasteiger partial charge in [-0.3, -0.25) is 13.9 Å². The van der Waals surface area contributed by atoms with Gasteiger partial charge >= 0.3 is 5.69 Å². The number of halogens is 3. The predicted octanol–water partition coefficient (Wildman–Crippen LogP) is 3.97. The molecule has 4 rings (SSSR count). The Morgan fingerprint density at radius 3 is 2.33 bits per heavy atom. The highest BCUT2D eigenvalue weighted by atomic mass is 35.5. The zero-order chi connectivity index (χ0) is 26.0. The number of rotatable bonds is 9. The van der Waals surface area contributed by atoms with Gasteiger partial charge in [0.25, 0.3) is 17.8 Å². The summed E-state index contributed by atoms with van der Waals surface area (Å²) in [7, 11) is 0. The van der Waals surface area contributed by atoms with E-state index in [0.29, 0.717) is 16.6 Å². The maximum absolute atomic E-state index is 13.6. The van der Waals surface area contributed by atoms with Gasteiger partial charge in [0.2, 0.25) is 0 Å². The average Bonchev–Trinajstić information content (AvgIpc) is 3.18. The van der Waals surface area contributed by atoms with E-state index >= 15 is 0 Å². The van der Waals surface area contributed by atoms with Gasteiger partial charge in [0.05, 0.1) is 0 Å². The van der Waals surface area contributed by atoms with E-state index in [9.17, 15) is 23.5 Å². The molecule has 0 aliphatic carbocycles. The van der Waals surface area contributed by atoms with Crippen molar-refractivity contribution in [2.75, 3.05) is 16.8 Å². The topological polar surface area (TPSA) is 88.7 Å². The molecule has 11 heteroatoms. The summed E-state index contributed by atoms with van der Waals surface area (Å²) in [6.07, 6.45) is -0.654. The lowest BCUT2D eigenvalue weighted by atomic mass is 10.1. The van der Waals surface area contributed by atoms with Gasteiger partial charge in [-0.2, -0.15) is 0 Å². The van der Waals surface area contributed by atoms with Crippen LogP contribution >= 0.6 is 11.6 Å². The molecule has 3 aromatic rings. The summed E-state index contributed by atoms with van der Waals surface area (Å²) in [5.74, 6) is -2.37. The Balaban J connectivity index is 1.77. The minimum Gasteiger partial charge on any atom is -0.452 e. The quantitative estimate of drug-likeness (QED) is 0.444. The molecule has 2 heterocycles. The van der Waals surface area contributed by atoms with Crippen LogP contribution in [0.3, 0.4) is 0 Å². The Morgan fingerprint density at radius 1 is 1.08 bits per heavy atom. The lowest BCUT2D eigenvalue weighted by Gasteiger charge is -2.27. The van der Waals surface area contributed by atoms with E-state index in [0.717, 1.165) is 17.1 Å². The molecule has 1 aliphatic rings. The molecule has 36 heavy (non-hydrogen) atoms. The SMILES string of the molecule is CCn1c2c(c(=O)n(CCCO)c1=O)N(Cc1ccc(Cl)cc1)C(Oc1ccc(C(C)(F)F)cc1)N2. The van der Waals surface area contributed by atoms with Crippen molar-refractivity contribution in [2.24, 2.45) is 0 Å². The van der Waals surface area contributed by atoms with Crippen LogP contribution in [0.1, 0.15) is 31.4 Å². The van der Waals surface area contributed by atoms with Crippen molar-refractivity contribution in [1.82, 2.24) is 9.13 Å². The average molecular weight is 521 g/mol. The molecule has 192 valence electrons. The highest BCUT2D eigenvalue weighted by Crippen LogP contribution is 2.34. The second kappa shape index (κ2) is 10.3. The van der Waals surface area contributed by atoms with Crippen molar-refractivity contribution in [2.45, 2.75) is 52.2 Å². The van der Waals surface area contributed by atoms with Gasteiger partial charge in [0.15, 0.2) is 0 Å². The smallest absolute Gasteiger partial charge is 0.332 e. The summed E-state index contributed by atoms with van der Waals surface area (Å²) in [6, 6.07) is 12.5. The molecule has 0 fully saturated rings. The molecule has 1 aliphatic heterocycles. The van der Waals surface area contributed by atoms with Gasteiger partial charge in [-0.15, -0.1) is 0 Å². The fraction of sp³-hybridized carbons (Fsp3) is 0.360. The van der Waals surface area contributed by atoms with Crippen molar-refractivity contribution in [1.29, 1.82) is 0 Å². The fourth-order valence-corrected chi connectivity index (χ4v) is 4.24. The van der Waals surface area contributed by atoms with Crippen molar-refractivity contribution in [3.63, 3.8) is 0 Å². The van der Waals surface area contributed by atoms with E-state index in [1.54, 1.807) is 24.0 Å². The zero-order valence-corrected chi connectivity index (χ0v) is 20.6. The van der Waals surface area contributed by atoms with E-state index in [1.165, 1.54) is 28.8 Å². The van der Waals surface area contributed by atoms with Crippen LogP contribution in [0, 0.1) is 0 Å². The number of nitrogens with zero attached hydrogens (tertiary/aromatic N) is 3. The first-order valence-corrected chi connectivity index (χ1v) is 11.9. The van der Waals surface area contributed by atoms with Crippen molar-refractivity contribution in [3.05, 3.63) is 85.5 Å². The first-order valence-electron chi connectivity index (χ1n) is 11.5. The number of ether oxygens (including phenoxy) is 1. The summed E-state index contributed by atoms with van der Waals surface area (Å²) < 4.78 is 35.9. The fourth-order valence-electron chi connectivity index (χ4n) is 4.12. The molecule has 1 unspecified atom stereocenters. The number of fused-ring (bicyclic) bond motifs is 1. The predicted molar refractivity (Wildman–Crippen MR) is 134 cm³/mol. The number of aliphatic hydroxyl groups excluding tert-OH is 1. The molecule has 2 N–H and O–H groups in total. The van der Waals surface area contributed by atoms with Crippen LogP contribution in [0.5, 0.6) is 5.75 Å². The number of alkyl halides is 2. The molecule has 0 radical (unpaired) electrons. The van der Waals surface area contributed by atoms with E-state index in [-0.39, 0.29) is 43.9 Å². The maximum Gasteiger partial charge on any atom is 0.332 e. The summed E-state index contributed by atoms with van der Waals surface area (Å²) >= 11 is 6.03. The maximum atomic E-state index is 13.6. The summed E-state index contributed by atoms with van der Waals surface area (Å²) in [6.45, 7) is 3.03. The first kappa shape index (κ1) is 25.7. The molecule has 0 saturated heterocycles. The number of hydrogen-bond acceptors (Lipinski definition) is 6. The van der Waals surface area contributed by atoms with Crippen molar-refractivity contribution >= 4 is 23.1 Å². The van der Waals surface area contributed by atoms with E-state index < -0.39 is 23.5 Å². The van der Waals surface area contributed by atoms with Crippen LogP contribution in [0.2, 0.25) is 5.02 Å². The van der Waals surface area contributed by atoms with Gasteiger partial charge < -0.3 is 20.1 Å². The van der Waals surface area contributed by atoms with Gasteiger partial charge in [0.1, 0.15) is 17.3 Å². The number of aromatic nitrogens is 2. The van der Waals surface area contributed by atoms with Gasteiger partial charge in [-0.25, -0.2) is 13.6 Å². The molecule has 1 atom stereocenters. The molecule has 8 nitrogen and oxygen atoms in total. The van der Waals surface area contributed by atoms with Crippen LogP contribution < -0.4 is 26.2 Å². The van der Waals surface area contributed by atoms with Gasteiger partial charge in [0, 0.05) is 43.8 Å². The Hall–Kier alpha value is -3.37. The number of nitrogens with one attached hydrogen (secondary N) is 1. The second-order valence-electron chi connectivity index (χ2n) is 8.54. The summed E-state index contributed by atoms with van der Waals surface area (Å²) in [5, 5.41) is 12.9. The van der Waals surface area contributed by atoms with E-state index in [4.69, 9.17) is 16.3 Å². The summed E-state index contributed by atoms with van der Waals surface area (Å²) in [5.41, 5.74) is -0.0853. The van der Waals surface area contributed by atoms with Crippen LogP contribution in [-0.2, 0) is 25.6 Å². The summed E-state index contributed by atoms with van der Waals surface area (Å²) in [4.78, 5) is 28.2. The molecule has 0 spiro atoms. The molecule has 1 aromatic heterocycles. The lowest BCUT2D eigenvalue weighted by molar-refractivity contribution is 0.0174. The van der Waals surface area contributed by atoms with Crippen LogP contribution in [-0.4, -0.2) is 27.2 Å². The van der Waals surface area contributed by atoms with Crippen LogP contribution in [0.15, 0.2) is 58.1 Å². The van der Waals surface area contributed by atoms with Crippen molar-refractivity contribution in [3.8, 4) is 5.75 Å². The Labute approximate surface area is 211 Å². The third-order valence-corrected chi connectivity index (χ3v) is 6.22. The first-order chi connectivity index (χ1) is 17.1. The standard InChI is InChI=1S/C25H27ClF2N4O4/c1-3-30-21-20(22(34)31(24(30)35)13-4-14-33)32(15-16-5-9-18(26)10-6-16)23(29-21)36-19-11-7-17(8-12-19)25(2,27)28/h5-12,23,29,33H,3-4,13-15H2,1-2H3. The molecular formula is C25H27ClF2N4O4. The number of aliphatic hydroxyl groups is 1. The van der Waals surface area contributed by atoms with Gasteiger partial charge in [-0.05, 0) is 55.3 Å².